The van der Waals surface area contributed by atoms with Crippen LogP contribution in [0.25, 0.3) is 0 Å². The van der Waals surface area contributed by atoms with Crippen molar-refractivity contribution in [2.75, 3.05) is 12.3 Å². The van der Waals surface area contributed by atoms with E-state index in [0.29, 0.717) is 18.3 Å². The molecule has 1 heterocycles. The number of carbonyl (C=O) groups is 2. The lowest BCUT2D eigenvalue weighted by Crippen LogP contribution is -2.41. The van der Waals surface area contributed by atoms with Crippen LogP contribution in [0.1, 0.15) is 19.5 Å². The zero-order valence-corrected chi connectivity index (χ0v) is 12.7. The number of nitrogens with one attached hydrogen (secondary N) is 2. The number of urea groups is 1. The molecular formula is C12H15F3N4O2S. The minimum Gasteiger partial charge on any atom is -0.338 e. The lowest BCUT2D eigenvalue weighted by molar-refractivity contribution is -0.141. The zero-order chi connectivity index (χ0) is 16.8. The summed E-state index contributed by atoms with van der Waals surface area (Å²) in [5, 5.41) is 4.36. The van der Waals surface area contributed by atoms with Gasteiger partial charge in [0.1, 0.15) is 5.69 Å². The van der Waals surface area contributed by atoms with Gasteiger partial charge >= 0.3 is 12.2 Å². The van der Waals surface area contributed by atoms with E-state index in [0.717, 1.165) is 12.3 Å². The normalized spacial score (nSPS) is 11.4. The molecule has 1 aromatic rings. The van der Waals surface area contributed by atoms with Gasteiger partial charge in [-0.3, -0.25) is 10.1 Å². The van der Waals surface area contributed by atoms with Gasteiger partial charge in [-0.25, -0.2) is 14.8 Å². The minimum absolute atomic E-state index is 0.187. The van der Waals surface area contributed by atoms with Crippen molar-refractivity contribution < 1.29 is 22.8 Å². The molecule has 3 amide bonds. The molecule has 0 aliphatic rings. The van der Waals surface area contributed by atoms with E-state index in [4.69, 9.17) is 0 Å². The first-order valence-corrected chi connectivity index (χ1v) is 7.27. The van der Waals surface area contributed by atoms with Crippen LogP contribution < -0.4 is 10.6 Å². The third-order valence-corrected chi connectivity index (χ3v) is 3.04. The van der Waals surface area contributed by atoms with Crippen molar-refractivity contribution in [2.45, 2.75) is 25.2 Å². The first kappa shape index (κ1) is 18.2. The largest absolute Gasteiger partial charge is 0.433 e. The molecule has 0 aliphatic carbocycles. The number of amides is 3. The average Bonchev–Trinajstić information content (AvgIpc) is 2.42. The van der Waals surface area contributed by atoms with E-state index in [9.17, 15) is 22.8 Å². The lowest BCUT2D eigenvalue weighted by atomic mass is 10.2. The predicted octanol–water partition coefficient (Wildman–Crippen LogP) is 2.07. The van der Waals surface area contributed by atoms with Crippen molar-refractivity contribution >= 4 is 23.7 Å². The fraction of sp³-hybridized carbons (Fsp3) is 0.500. The van der Waals surface area contributed by atoms with Crippen LogP contribution in [0.15, 0.2) is 17.4 Å². The van der Waals surface area contributed by atoms with Crippen LogP contribution >= 0.6 is 11.8 Å². The number of imide groups is 1. The third-order valence-electron chi connectivity index (χ3n) is 2.18. The molecule has 122 valence electrons. The van der Waals surface area contributed by atoms with Gasteiger partial charge in [-0.1, -0.05) is 25.6 Å². The number of rotatable bonds is 5. The molecule has 2 N–H and O–H groups in total. The molecule has 0 spiro atoms. The standard InChI is InChI=1S/C12H15F3N4O2S/c1-7(2)5-17-10(21)19-9(20)6-22-11-16-4-3-8(18-11)12(13,14)15/h3-4,7H,5-6H2,1-2H3,(H2,17,19,20,21). The molecule has 0 radical (unpaired) electrons. The van der Waals surface area contributed by atoms with Gasteiger partial charge in [-0.2, -0.15) is 13.2 Å². The average molecular weight is 336 g/mol. The summed E-state index contributed by atoms with van der Waals surface area (Å²) in [6, 6.07) is 0.0907. The number of thioether (sulfide) groups is 1. The Morgan fingerprint density at radius 1 is 1.36 bits per heavy atom. The maximum Gasteiger partial charge on any atom is 0.433 e. The van der Waals surface area contributed by atoms with Crippen LogP contribution in [0.2, 0.25) is 0 Å². The number of aromatic nitrogens is 2. The van der Waals surface area contributed by atoms with Gasteiger partial charge in [0, 0.05) is 12.7 Å². The number of carbonyl (C=O) groups excluding carboxylic acids is 2. The fourth-order valence-corrected chi connectivity index (χ4v) is 1.83. The fourth-order valence-electron chi connectivity index (χ4n) is 1.20. The van der Waals surface area contributed by atoms with Crippen molar-refractivity contribution in [2.24, 2.45) is 5.92 Å². The van der Waals surface area contributed by atoms with E-state index in [1.165, 1.54) is 0 Å². The maximum atomic E-state index is 12.5. The number of hydrogen-bond acceptors (Lipinski definition) is 5. The summed E-state index contributed by atoms with van der Waals surface area (Å²) in [7, 11) is 0. The molecule has 0 aliphatic heterocycles. The second-order valence-electron chi connectivity index (χ2n) is 4.66. The number of hydrogen-bond donors (Lipinski definition) is 2. The molecule has 6 nitrogen and oxygen atoms in total. The van der Waals surface area contributed by atoms with E-state index < -0.39 is 23.8 Å². The van der Waals surface area contributed by atoms with Crippen LogP contribution in [0.4, 0.5) is 18.0 Å². The molecule has 1 rings (SSSR count). The molecular weight excluding hydrogens is 321 g/mol. The Labute approximate surface area is 129 Å². The van der Waals surface area contributed by atoms with Crippen LogP contribution in [0, 0.1) is 5.92 Å². The maximum absolute atomic E-state index is 12.5. The number of nitrogens with zero attached hydrogens (tertiary/aromatic N) is 2. The van der Waals surface area contributed by atoms with Crippen molar-refractivity contribution in [3.8, 4) is 0 Å². The molecule has 0 fully saturated rings. The Hall–Kier alpha value is -1.84. The van der Waals surface area contributed by atoms with E-state index >= 15 is 0 Å². The lowest BCUT2D eigenvalue weighted by Gasteiger charge is -2.08. The van der Waals surface area contributed by atoms with E-state index in [1.807, 2.05) is 13.8 Å². The predicted molar refractivity (Wildman–Crippen MR) is 74.1 cm³/mol. The van der Waals surface area contributed by atoms with Gasteiger partial charge in [0.05, 0.1) is 5.75 Å². The molecule has 0 atom stereocenters. The van der Waals surface area contributed by atoms with Crippen molar-refractivity contribution in [1.82, 2.24) is 20.6 Å². The summed E-state index contributed by atoms with van der Waals surface area (Å²) >= 11 is 0.711. The number of alkyl halides is 3. The first-order valence-electron chi connectivity index (χ1n) is 6.29. The molecule has 22 heavy (non-hydrogen) atoms. The molecule has 10 heteroatoms. The van der Waals surface area contributed by atoms with Gasteiger partial charge in [-0.15, -0.1) is 0 Å². The van der Waals surface area contributed by atoms with Crippen molar-refractivity contribution in [1.29, 1.82) is 0 Å². The van der Waals surface area contributed by atoms with Crippen LogP contribution in [0.5, 0.6) is 0 Å². The second kappa shape index (κ2) is 7.97. The Bertz CT molecular complexity index is 537. The Morgan fingerprint density at radius 2 is 2.05 bits per heavy atom. The summed E-state index contributed by atoms with van der Waals surface area (Å²) in [5.74, 6) is -0.683. The Balaban J connectivity index is 2.46. The van der Waals surface area contributed by atoms with Gasteiger partial charge < -0.3 is 5.32 Å². The summed E-state index contributed by atoms with van der Waals surface area (Å²) in [4.78, 5) is 29.7. The molecule has 0 aromatic carbocycles. The van der Waals surface area contributed by atoms with E-state index in [-0.39, 0.29) is 16.8 Å². The van der Waals surface area contributed by atoms with Gasteiger partial charge in [0.2, 0.25) is 5.91 Å². The quantitative estimate of drug-likeness (QED) is 0.635. The van der Waals surface area contributed by atoms with Crippen LogP contribution in [0.3, 0.4) is 0 Å². The molecule has 1 aromatic heterocycles. The highest BCUT2D eigenvalue weighted by molar-refractivity contribution is 7.99. The second-order valence-corrected chi connectivity index (χ2v) is 5.61. The van der Waals surface area contributed by atoms with Gasteiger partial charge in [0.15, 0.2) is 5.16 Å². The molecule has 0 bridgehead atoms. The van der Waals surface area contributed by atoms with Crippen molar-refractivity contribution in [3.63, 3.8) is 0 Å². The monoisotopic (exact) mass is 336 g/mol. The summed E-state index contributed by atoms with van der Waals surface area (Å²) in [6.07, 6.45) is -3.61. The first-order chi connectivity index (χ1) is 10.2. The summed E-state index contributed by atoms with van der Waals surface area (Å²) in [6.45, 7) is 4.19. The third kappa shape index (κ3) is 6.74. The topological polar surface area (TPSA) is 84.0 Å². The van der Waals surface area contributed by atoms with Crippen LogP contribution in [-0.4, -0.2) is 34.2 Å². The van der Waals surface area contributed by atoms with Gasteiger partial charge in [-0.05, 0) is 12.0 Å². The summed E-state index contributed by atoms with van der Waals surface area (Å²) in [5.41, 5.74) is -1.08. The van der Waals surface area contributed by atoms with Crippen molar-refractivity contribution in [3.05, 3.63) is 18.0 Å². The zero-order valence-electron chi connectivity index (χ0n) is 11.9. The molecule has 0 unspecified atom stereocenters. The molecule has 0 saturated heterocycles. The van der Waals surface area contributed by atoms with E-state index in [2.05, 4.69) is 20.6 Å². The highest BCUT2D eigenvalue weighted by Crippen LogP contribution is 2.28. The van der Waals surface area contributed by atoms with Gasteiger partial charge in [0.25, 0.3) is 0 Å². The van der Waals surface area contributed by atoms with Crippen LogP contribution in [-0.2, 0) is 11.0 Å². The highest BCUT2D eigenvalue weighted by Gasteiger charge is 2.32. The summed E-state index contributed by atoms with van der Waals surface area (Å²) < 4.78 is 37.4. The number of halogens is 3. The smallest absolute Gasteiger partial charge is 0.338 e. The minimum atomic E-state index is -4.57. The Kier molecular flexibility index (Phi) is 6.60. The van der Waals surface area contributed by atoms with E-state index in [1.54, 1.807) is 0 Å². The Morgan fingerprint density at radius 3 is 2.64 bits per heavy atom. The highest BCUT2D eigenvalue weighted by atomic mass is 32.2. The molecule has 0 saturated carbocycles. The SMILES string of the molecule is CC(C)CNC(=O)NC(=O)CSc1nccc(C(F)(F)F)n1.